The first-order valence-corrected chi connectivity index (χ1v) is 3.81. The minimum absolute atomic E-state index is 0. The van der Waals surface area contributed by atoms with Gasteiger partial charge >= 0.3 is 5.97 Å². The second-order valence-electron chi connectivity index (χ2n) is 2.61. The quantitative estimate of drug-likeness (QED) is 0.679. The molecule has 1 saturated heterocycles. The Morgan fingerprint density at radius 1 is 1.75 bits per heavy atom. The van der Waals surface area contributed by atoms with E-state index in [2.05, 4.69) is 5.32 Å². The molecule has 1 aliphatic heterocycles. The standard InChI is InChI=1S/C7H13NO3.ClH/c1-2-11-5-3-6(7(9)10)8-4-5;/h5-6,8H,2-4H2,1H3,(H,9,10);1H. The second-order valence-corrected chi connectivity index (χ2v) is 2.61. The zero-order valence-electron chi connectivity index (χ0n) is 6.95. The molecule has 1 fully saturated rings. The van der Waals surface area contributed by atoms with Gasteiger partial charge in [0.25, 0.3) is 0 Å². The molecule has 2 unspecified atom stereocenters. The number of ether oxygens (including phenoxy) is 1. The van der Waals surface area contributed by atoms with Gasteiger partial charge in [-0.3, -0.25) is 4.79 Å². The van der Waals surface area contributed by atoms with Gasteiger partial charge < -0.3 is 15.2 Å². The third kappa shape index (κ3) is 2.97. The number of aliphatic carboxylic acids is 1. The molecule has 0 amide bonds. The van der Waals surface area contributed by atoms with Crippen LogP contribution in [0, 0.1) is 0 Å². The lowest BCUT2D eigenvalue weighted by Crippen LogP contribution is -2.29. The number of carboxylic acids is 1. The van der Waals surface area contributed by atoms with Crippen LogP contribution in [0.3, 0.4) is 0 Å². The van der Waals surface area contributed by atoms with Gasteiger partial charge in [0.15, 0.2) is 0 Å². The first kappa shape index (κ1) is 11.7. The lowest BCUT2D eigenvalue weighted by atomic mass is 10.2. The lowest BCUT2D eigenvalue weighted by Gasteiger charge is -2.06. The Hall–Kier alpha value is -0.320. The molecule has 1 heterocycles. The van der Waals surface area contributed by atoms with Crippen LogP contribution in [-0.2, 0) is 9.53 Å². The number of carboxylic acid groups (broad SMARTS) is 1. The number of rotatable bonds is 3. The Morgan fingerprint density at radius 3 is 2.83 bits per heavy atom. The minimum Gasteiger partial charge on any atom is -0.480 e. The zero-order chi connectivity index (χ0) is 8.27. The highest BCUT2D eigenvalue weighted by molar-refractivity contribution is 5.85. The van der Waals surface area contributed by atoms with Crippen LogP contribution in [0.1, 0.15) is 13.3 Å². The molecule has 2 atom stereocenters. The molecule has 12 heavy (non-hydrogen) atoms. The molecule has 0 bridgehead atoms. The predicted octanol–water partition coefficient (Wildman–Crippen LogP) is 0.260. The number of carbonyl (C=O) groups is 1. The summed E-state index contributed by atoms with van der Waals surface area (Å²) in [4.78, 5) is 10.4. The molecule has 0 spiro atoms. The van der Waals surface area contributed by atoms with Gasteiger partial charge in [-0.2, -0.15) is 0 Å². The third-order valence-electron chi connectivity index (χ3n) is 1.79. The Labute approximate surface area is 77.7 Å². The van der Waals surface area contributed by atoms with Gasteiger partial charge in [-0.05, 0) is 6.92 Å². The molecule has 1 aliphatic rings. The molecule has 0 aliphatic carbocycles. The Kier molecular flexibility index (Phi) is 5.20. The van der Waals surface area contributed by atoms with E-state index in [4.69, 9.17) is 9.84 Å². The maximum Gasteiger partial charge on any atom is 0.320 e. The fraction of sp³-hybridized carbons (Fsp3) is 0.857. The summed E-state index contributed by atoms with van der Waals surface area (Å²) in [6.07, 6.45) is 0.671. The van der Waals surface area contributed by atoms with Crippen LogP contribution in [0.5, 0.6) is 0 Å². The van der Waals surface area contributed by atoms with Crippen molar-refractivity contribution in [3.05, 3.63) is 0 Å². The second kappa shape index (κ2) is 5.35. The van der Waals surface area contributed by atoms with Gasteiger partial charge in [-0.25, -0.2) is 0 Å². The van der Waals surface area contributed by atoms with Crippen LogP contribution in [0.25, 0.3) is 0 Å². The van der Waals surface area contributed by atoms with Gasteiger partial charge in [-0.15, -0.1) is 12.4 Å². The number of halogens is 1. The SMILES string of the molecule is CCOC1CNC(C(=O)O)C1.Cl. The van der Waals surface area contributed by atoms with E-state index in [1.54, 1.807) is 0 Å². The molecule has 2 N–H and O–H groups in total. The summed E-state index contributed by atoms with van der Waals surface area (Å²) in [6.45, 7) is 3.22. The first-order valence-electron chi connectivity index (χ1n) is 3.81. The summed E-state index contributed by atoms with van der Waals surface area (Å²) in [5.74, 6) is -0.785. The predicted molar refractivity (Wildman–Crippen MR) is 46.7 cm³/mol. The fourth-order valence-corrected chi connectivity index (χ4v) is 1.25. The van der Waals surface area contributed by atoms with Crippen molar-refractivity contribution in [1.29, 1.82) is 0 Å². The van der Waals surface area contributed by atoms with Crippen LogP contribution in [0.2, 0.25) is 0 Å². The van der Waals surface area contributed by atoms with Crippen LogP contribution < -0.4 is 5.32 Å². The molecule has 4 nitrogen and oxygen atoms in total. The van der Waals surface area contributed by atoms with Crippen LogP contribution in [0.15, 0.2) is 0 Å². The van der Waals surface area contributed by atoms with Gasteiger partial charge in [0.1, 0.15) is 6.04 Å². The van der Waals surface area contributed by atoms with Crippen molar-refractivity contribution in [2.75, 3.05) is 13.2 Å². The van der Waals surface area contributed by atoms with Crippen LogP contribution in [-0.4, -0.2) is 36.4 Å². The largest absolute Gasteiger partial charge is 0.480 e. The van der Waals surface area contributed by atoms with E-state index in [0.717, 1.165) is 0 Å². The van der Waals surface area contributed by atoms with Gasteiger partial charge in [0.05, 0.1) is 6.10 Å². The zero-order valence-corrected chi connectivity index (χ0v) is 7.76. The molecule has 0 saturated carbocycles. The Balaban J connectivity index is 0.00000121. The highest BCUT2D eigenvalue weighted by Crippen LogP contribution is 2.09. The van der Waals surface area contributed by atoms with Crippen molar-refractivity contribution >= 4 is 18.4 Å². The van der Waals surface area contributed by atoms with Gasteiger partial charge in [-0.1, -0.05) is 0 Å². The van der Waals surface area contributed by atoms with Crippen molar-refractivity contribution in [3.63, 3.8) is 0 Å². The van der Waals surface area contributed by atoms with E-state index in [0.29, 0.717) is 19.6 Å². The van der Waals surface area contributed by atoms with E-state index in [9.17, 15) is 4.79 Å². The summed E-state index contributed by atoms with van der Waals surface area (Å²) < 4.78 is 5.26. The maximum absolute atomic E-state index is 10.4. The van der Waals surface area contributed by atoms with Gasteiger partial charge in [0, 0.05) is 19.6 Å². The van der Waals surface area contributed by atoms with Crippen molar-refractivity contribution in [2.45, 2.75) is 25.5 Å². The van der Waals surface area contributed by atoms with E-state index in [-0.39, 0.29) is 18.5 Å². The first-order chi connectivity index (χ1) is 5.24. The highest BCUT2D eigenvalue weighted by Gasteiger charge is 2.28. The van der Waals surface area contributed by atoms with Crippen LogP contribution in [0.4, 0.5) is 0 Å². The lowest BCUT2D eigenvalue weighted by molar-refractivity contribution is -0.139. The maximum atomic E-state index is 10.4. The minimum atomic E-state index is -0.785. The summed E-state index contributed by atoms with van der Waals surface area (Å²) in [7, 11) is 0. The monoisotopic (exact) mass is 195 g/mol. The van der Waals surface area contributed by atoms with Crippen molar-refractivity contribution in [3.8, 4) is 0 Å². The van der Waals surface area contributed by atoms with E-state index >= 15 is 0 Å². The van der Waals surface area contributed by atoms with Crippen molar-refractivity contribution < 1.29 is 14.6 Å². The fourth-order valence-electron chi connectivity index (χ4n) is 1.25. The molecule has 5 heteroatoms. The summed E-state index contributed by atoms with van der Waals surface area (Å²) in [5.41, 5.74) is 0. The summed E-state index contributed by atoms with van der Waals surface area (Å²) in [6, 6.07) is -0.411. The number of hydrogen-bond acceptors (Lipinski definition) is 3. The number of nitrogens with one attached hydrogen (secondary N) is 1. The average molecular weight is 196 g/mol. The molecular formula is C7H14ClNO3. The van der Waals surface area contributed by atoms with Gasteiger partial charge in [0.2, 0.25) is 0 Å². The number of hydrogen-bond donors (Lipinski definition) is 2. The Morgan fingerprint density at radius 2 is 2.42 bits per heavy atom. The average Bonchev–Trinajstić information content (AvgIpc) is 2.37. The highest BCUT2D eigenvalue weighted by atomic mass is 35.5. The molecule has 0 aromatic carbocycles. The molecule has 0 aromatic heterocycles. The van der Waals surface area contributed by atoms with E-state index in [1.807, 2.05) is 6.92 Å². The normalized spacial score (nSPS) is 28.1. The smallest absolute Gasteiger partial charge is 0.320 e. The van der Waals surface area contributed by atoms with Crippen molar-refractivity contribution in [1.82, 2.24) is 5.32 Å². The van der Waals surface area contributed by atoms with E-state index < -0.39 is 12.0 Å². The van der Waals surface area contributed by atoms with Crippen molar-refractivity contribution in [2.24, 2.45) is 0 Å². The van der Waals surface area contributed by atoms with E-state index in [1.165, 1.54) is 0 Å². The third-order valence-corrected chi connectivity index (χ3v) is 1.79. The molecule has 0 radical (unpaired) electrons. The molecule has 0 aromatic rings. The van der Waals surface area contributed by atoms with Crippen LogP contribution >= 0.6 is 12.4 Å². The molecule has 1 rings (SSSR count). The summed E-state index contributed by atoms with van der Waals surface area (Å²) >= 11 is 0. The topological polar surface area (TPSA) is 58.6 Å². The molecule has 72 valence electrons. The summed E-state index contributed by atoms with van der Waals surface area (Å²) in [5, 5.41) is 11.4. The molecular weight excluding hydrogens is 182 g/mol. The Bertz CT molecular complexity index is 154.